The quantitative estimate of drug-likeness (QED) is 0.639. The number of aromatic nitrogens is 1. The molecule has 1 aliphatic heterocycles. The van der Waals surface area contributed by atoms with Crippen molar-refractivity contribution < 1.29 is 4.79 Å². The minimum Gasteiger partial charge on any atom is -0.325 e. The van der Waals surface area contributed by atoms with Crippen LogP contribution in [-0.2, 0) is 0 Å². The highest BCUT2D eigenvalue weighted by Gasteiger charge is 2.29. The molecule has 1 N–H and O–H groups in total. The molecule has 1 saturated heterocycles. The minimum atomic E-state index is -0.0212. The predicted octanol–water partition coefficient (Wildman–Crippen LogP) is 5.65. The average molecular weight is 380 g/mol. The number of likely N-dealkylation sites (tertiary alicyclic amines) is 1. The van der Waals surface area contributed by atoms with Crippen LogP contribution in [0.3, 0.4) is 0 Å². The lowest BCUT2D eigenvalue weighted by molar-refractivity contribution is 0.176. The molecular formula is C22H25N3OS. The maximum atomic E-state index is 12.5. The molecule has 3 aromatic rings. The molecule has 0 bridgehead atoms. The van der Waals surface area contributed by atoms with Crippen LogP contribution in [0.25, 0.3) is 10.1 Å². The van der Waals surface area contributed by atoms with Crippen LogP contribution in [0.15, 0.2) is 48.8 Å². The normalized spacial score (nSPS) is 16.4. The highest BCUT2D eigenvalue weighted by atomic mass is 32.1. The SMILES string of the molecule is Cc1c(C(C)C2CCN(C(=O)Nc3cccnc3)CC2)sc2ccccc12. The zero-order chi connectivity index (χ0) is 18.8. The largest absolute Gasteiger partial charge is 0.325 e. The third kappa shape index (κ3) is 3.69. The molecule has 1 aromatic carbocycles. The number of anilines is 1. The van der Waals surface area contributed by atoms with Gasteiger partial charge in [0.1, 0.15) is 0 Å². The van der Waals surface area contributed by atoms with E-state index in [1.165, 1.54) is 20.5 Å². The molecule has 4 nitrogen and oxygen atoms in total. The van der Waals surface area contributed by atoms with Gasteiger partial charge in [-0.1, -0.05) is 25.1 Å². The topological polar surface area (TPSA) is 45.2 Å². The van der Waals surface area contributed by atoms with E-state index < -0.39 is 0 Å². The second kappa shape index (κ2) is 7.69. The number of carbonyl (C=O) groups excluding carboxylic acids is 1. The number of hydrogen-bond acceptors (Lipinski definition) is 3. The molecule has 0 saturated carbocycles. The van der Waals surface area contributed by atoms with Crippen LogP contribution >= 0.6 is 11.3 Å². The number of carbonyl (C=O) groups is 1. The van der Waals surface area contributed by atoms with Crippen LogP contribution in [-0.4, -0.2) is 29.0 Å². The van der Waals surface area contributed by atoms with Crippen LogP contribution in [0.2, 0.25) is 0 Å². The summed E-state index contributed by atoms with van der Waals surface area (Å²) in [6.45, 7) is 6.23. The van der Waals surface area contributed by atoms with Crippen molar-refractivity contribution in [2.24, 2.45) is 5.92 Å². The van der Waals surface area contributed by atoms with Gasteiger partial charge in [-0.25, -0.2) is 4.79 Å². The van der Waals surface area contributed by atoms with Crippen molar-refractivity contribution in [3.8, 4) is 0 Å². The Bertz CT molecular complexity index is 929. The first kappa shape index (κ1) is 18.0. The summed E-state index contributed by atoms with van der Waals surface area (Å²) in [5.74, 6) is 1.16. The highest BCUT2D eigenvalue weighted by Crippen LogP contribution is 2.41. The van der Waals surface area contributed by atoms with Crippen LogP contribution < -0.4 is 5.32 Å². The maximum Gasteiger partial charge on any atom is 0.321 e. The van der Waals surface area contributed by atoms with Gasteiger partial charge in [-0.15, -0.1) is 11.3 Å². The number of nitrogens with zero attached hydrogens (tertiary/aromatic N) is 2. The Morgan fingerprint density at radius 3 is 2.70 bits per heavy atom. The van der Waals surface area contributed by atoms with E-state index in [2.05, 4.69) is 48.4 Å². The summed E-state index contributed by atoms with van der Waals surface area (Å²) in [7, 11) is 0. The first-order valence-corrected chi connectivity index (χ1v) is 10.4. The lowest BCUT2D eigenvalue weighted by Gasteiger charge is -2.34. The number of urea groups is 1. The third-order valence-electron chi connectivity index (χ3n) is 5.74. The molecule has 5 heteroatoms. The lowest BCUT2D eigenvalue weighted by Crippen LogP contribution is -2.41. The zero-order valence-corrected chi connectivity index (χ0v) is 16.6. The van der Waals surface area contributed by atoms with Gasteiger partial charge in [0, 0.05) is 28.9 Å². The fourth-order valence-electron chi connectivity index (χ4n) is 4.08. The van der Waals surface area contributed by atoms with Crippen LogP contribution in [0.5, 0.6) is 0 Å². The molecule has 27 heavy (non-hydrogen) atoms. The van der Waals surface area contributed by atoms with Crippen LogP contribution in [0, 0.1) is 12.8 Å². The first-order chi connectivity index (χ1) is 13.1. The number of amides is 2. The summed E-state index contributed by atoms with van der Waals surface area (Å²) in [6, 6.07) is 12.4. The van der Waals surface area contributed by atoms with Crippen molar-refractivity contribution in [3.63, 3.8) is 0 Å². The monoisotopic (exact) mass is 379 g/mol. The number of pyridine rings is 1. The molecule has 1 aliphatic rings. The number of piperidine rings is 1. The van der Waals surface area contributed by atoms with Crippen molar-refractivity contribution >= 4 is 33.1 Å². The summed E-state index contributed by atoms with van der Waals surface area (Å²) in [6.07, 6.45) is 5.49. The van der Waals surface area contributed by atoms with Gasteiger partial charge in [0.15, 0.2) is 0 Å². The van der Waals surface area contributed by atoms with Gasteiger partial charge in [0.2, 0.25) is 0 Å². The summed E-state index contributed by atoms with van der Waals surface area (Å²) in [5.41, 5.74) is 2.18. The molecular weight excluding hydrogens is 354 g/mol. The molecule has 0 spiro atoms. The van der Waals surface area contributed by atoms with Crippen LogP contribution in [0.4, 0.5) is 10.5 Å². The molecule has 4 rings (SSSR count). The Hall–Kier alpha value is -2.40. The fourth-order valence-corrected chi connectivity index (χ4v) is 5.44. The number of nitrogens with one attached hydrogen (secondary N) is 1. The highest BCUT2D eigenvalue weighted by molar-refractivity contribution is 7.19. The summed E-state index contributed by atoms with van der Waals surface area (Å²) >= 11 is 1.93. The van der Waals surface area contributed by atoms with E-state index in [4.69, 9.17) is 0 Å². The van der Waals surface area contributed by atoms with Gasteiger partial charge in [0.05, 0.1) is 11.9 Å². The molecule has 140 valence electrons. The lowest BCUT2D eigenvalue weighted by atomic mass is 9.83. The van der Waals surface area contributed by atoms with Crippen molar-refractivity contribution in [2.45, 2.75) is 32.6 Å². The van der Waals surface area contributed by atoms with Gasteiger partial charge in [-0.2, -0.15) is 0 Å². The number of benzene rings is 1. The molecule has 3 heterocycles. The molecule has 1 atom stereocenters. The van der Waals surface area contributed by atoms with Crippen molar-refractivity contribution in [1.29, 1.82) is 0 Å². The van der Waals surface area contributed by atoms with Crippen LogP contribution in [0.1, 0.15) is 36.1 Å². The van der Waals surface area contributed by atoms with E-state index in [0.29, 0.717) is 11.8 Å². The smallest absolute Gasteiger partial charge is 0.321 e. The summed E-state index contributed by atoms with van der Waals surface area (Å²) < 4.78 is 1.38. The van der Waals surface area contributed by atoms with E-state index in [1.54, 1.807) is 12.4 Å². The number of aryl methyl sites for hydroxylation is 1. The van der Waals surface area contributed by atoms with E-state index in [9.17, 15) is 4.79 Å². The molecule has 1 unspecified atom stereocenters. The number of rotatable bonds is 3. The maximum absolute atomic E-state index is 12.5. The second-order valence-electron chi connectivity index (χ2n) is 7.37. The van der Waals surface area contributed by atoms with Gasteiger partial charge < -0.3 is 10.2 Å². The molecule has 1 fully saturated rings. The Labute approximate surface area is 164 Å². The predicted molar refractivity (Wildman–Crippen MR) is 113 cm³/mol. The van der Waals surface area contributed by atoms with Gasteiger partial charge in [-0.05, 0) is 60.7 Å². The van der Waals surface area contributed by atoms with Gasteiger partial charge in [-0.3, -0.25) is 4.98 Å². The number of fused-ring (bicyclic) bond motifs is 1. The second-order valence-corrected chi connectivity index (χ2v) is 8.46. The average Bonchev–Trinajstić information content (AvgIpc) is 3.05. The molecule has 0 radical (unpaired) electrons. The summed E-state index contributed by atoms with van der Waals surface area (Å²) in [4.78, 5) is 20.0. The molecule has 2 aromatic heterocycles. The Kier molecular flexibility index (Phi) is 5.12. The van der Waals surface area contributed by atoms with Gasteiger partial charge in [0.25, 0.3) is 0 Å². The Balaban J connectivity index is 1.39. The fraction of sp³-hybridized carbons (Fsp3) is 0.364. The number of thiophene rings is 1. The van der Waals surface area contributed by atoms with E-state index in [-0.39, 0.29) is 6.03 Å². The third-order valence-corrected chi connectivity index (χ3v) is 7.21. The Morgan fingerprint density at radius 2 is 2.00 bits per heavy atom. The first-order valence-electron chi connectivity index (χ1n) is 9.57. The van der Waals surface area contributed by atoms with E-state index in [0.717, 1.165) is 31.6 Å². The number of hydrogen-bond donors (Lipinski definition) is 1. The van der Waals surface area contributed by atoms with Gasteiger partial charge >= 0.3 is 6.03 Å². The van der Waals surface area contributed by atoms with E-state index in [1.807, 2.05) is 28.4 Å². The Morgan fingerprint density at radius 1 is 1.22 bits per heavy atom. The molecule has 2 amide bonds. The van der Waals surface area contributed by atoms with Crippen molar-refractivity contribution in [2.75, 3.05) is 18.4 Å². The molecule has 0 aliphatic carbocycles. The minimum absolute atomic E-state index is 0.0212. The standard InChI is InChI=1S/C22H25N3OS/c1-15(21-16(2)19-7-3-4-8-20(19)27-21)17-9-12-25(13-10-17)22(26)24-18-6-5-11-23-14-18/h3-8,11,14-15,17H,9-10,12-13H2,1-2H3,(H,24,26). The van der Waals surface area contributed by atoms with Crippen molar-refractivity contribution in [3.05, 3.63) is 59.2 Å². The van der Waals surface area contributed by atoms with E-state index >= 15 is 0 Å². The zero-order valence-electron chi connectivity index (χ0n) is 15.8. The summed E-state index contributed by atoms with van der Waals surface area (Å²) in [5, 5.41) is 4.33. The van der Waals surface area contributed by atoms with Crippen molar-refractivity contribution in [1.82, 2.24) is 9.88 Å².